The van der Waals surface area contributed by atoms with Gasteiger partial charge in [-0.2, -0.15) is 5.10 Å². The van der Waals surface area contributed by atoms with Gasteiger partial charge in [-0.1, -0.05) is 13.0 Å². The lowest BCUT2D eigenvalue weighted by Gasteiger charge is -2.03. The molecule has 3 rings (SSSR count). The molecular formula is C15H16N4O. The summed E-state index contributed by atoms with van der Waals surface area (Å²) in [6.45, 7) is 2.05. The quantitative estimate of drug-likeness (QED) is 0.793. The third-order valence-electron chi connectivity index (χ3n) is 3.36. The Morgan fingerprint density at radius 2 is 2.20 bits per heavy atom. The van der Waals surface area contributed by atoms with Crippen LogP contribution in [0.2, 0.25) is 0 Å². The zero-order valence-corrected chi connectivity index (χ0v) is 11.5. The van der Waals surface area contributed by atoms with Crippen LogP contribution in [0.4, 0.5) is 5.82 Å². The minimum atomic E-state index is 0.622. The summed E-state index contributed by atoms with van der Waals surface area (Å²) in [6, 6.07) is 5.80. The molecule has 0 bridgehead atoms. The van der Waals surface area contributed by atoms with E-state index in [2.05, 4.69) is 17.0 Å². The third-order valence-corrected chi connectivity index (χ3v) is 3.36. The highest BCUT2D eigenvalue weighted by molar-refractivity contribution is 5.88. The summed E-state index contributed by atoms with van der Waals surface area (Å²) in [6.07, 6.45) is 6.03. The van der Waals surface area contributed by atoms with Crippen molar-refractivity contribution in [1.82, 2.24) is 14.8 Å². The van der Waals surface area contributed by atoms with Crippen LogP contribution in [0.3, 0.4) is 0 Å². The van der Waals surface area contributed by atoms with Crippen LogP contribution in [-0.4, -0.2) is 14.8 Å². The minimum Gasteiger partial charge on any atom is -0.469 e. The largest absolute Gasteiger partial charge is 0.469 e. The molecule has 20 heavy (non-hydrogen) atoms. The Bertz CT molecular complexity index is 728. The Balaban J connectivity index is 2.25. The first-order valence-electron chi connectivity index (χ1n) is 6.52. The summed E-state index contributed by atoms with van der Waals surface area (Å²) in [5.74, 6) is 1.53. The van der Waals surface area contributed by atoms with Gasteiger partial charge in [-0.3, -0.25) is 9.67 Å². The second-order valence-corrected chi connectivity index (χ2v) is 4.59. The summed E-state index contributed by atoms with van der Waals surface area (Å²) in [5.41, 5.74) is 9.85. The van der Waals surface area contributed by atoms with Crippen LogP contribution in [0.5, 0.6) is 0 Å². The lowest BCUT2D eigenvalue weighted by molar-refractivity contribution is 0.517. The number of nitrogens with two attached hydrogens (primary N) is 1. The number of rotatable bonds is 3. The van der Waals surface area contributed by atoms with Gasteiger partial charge in [0.1, 0.15) is 17.3 Å². The fraction of sp³-hybridized carbons (Fsp3) is 0.200. The fourth-order valence-corrected chi connectivity index (χ4v) is 2.35. The van der Waals surface area contributed by atoms with Crippen LogP contribution < -0.4 is 5.73 Å². The Morgan fingerprint density at radius 1 is 1.35 bits per heavy atom. The van der Waals surface area contributed by atoms with Gasteiger partial charge in [0.05, 0.1) is 11.8 Å². The molecule has 0 unspecified atom stereocenters. The molecule has 5 nitrogen and oxygen atoms in total. The molecule has 0 aromatic carbocycles. The van der Waals surface area contributed by atoms with Crippen molar-refractivity contribution in [1.29, 1.82) is 0 Å². The molecule has 5 heteroatoms. The predicted molar refractivity (Wildman–Crippen MR) is 77.9 cm³/mol. The molecule has 0 saturated heterocycles. The first kappa shape index (κ1) is 12.5. The molecule has 0 aliphatic carbocycles. The van der Waals surface area contributed by atoms with Crippen molar-refractivity contribution in [3.05, 3.63) is 42.6 Å². The van der Waals surface area contributed by atoms with Crippen LogP contribution in [0, 0.1) is 0 Å². The molecule has 0 fully saturated rings. The van der Waals surface area contributed by atoms with E-state index in [1.54, 1.807) is 23.3 Å². The molecule has 102 valence electrons. The molecule has 0 aliphatic heterocycles. The number of hydrogen-bond acceptors (Lipinski definition) is 4. The van der Waals surface area contributed by atoms with Crippen molar-refractivity contribution in [2.45, 2.75) is 13.3 Å². The number of pyridine rings is 1. The van der Waals surface area contributed by atoms with Gasteiger partial charge in [0, 0.05) is 37.0 Å². The normalized spacial score (nSPS) is 10.9. The van der Waals surface area contributed by atoms with Gasteiger partial charge in [-0.25, -0.2) is 0 Å². The molecule has 0 aliphatic rings. The standard InChI is InChI=1S/C15H16N4O/c1-3-12-11(6-8-20-12)14-13(15(16)19(2)18-14)10-5-4-7-17-9-10/h4-9H,3,16H2,1-2H3. The molecule has 0 spiro atoms. The lowest BCUT2D eigenvalue weighted by atomic mass is 10.0. The SMILES string of the molecule is CCc1occc1-c1nn(C)c(N)c1-c1cccnc1. The van der Waals surface area contributed by atoms with E-state index >= 15 is 0 Å². The number of nitrogen functional groups attached to an aromatic ring is 1. The molecule has 3 heterocycles. The van der Waals surface area contributed by atoms with Crippen molar-refractivity contribution in [3.8, 4) is 22.4 Å². The maximum absolute atomic E-state index is 6.18. The molecule has 0 amide bonds. The predicted octanol–water partition coefficient (Wildman–Crippen LogP) is 2.89. The highest BCUT2D eigenvalue weighted by Crippen LogP contribution is 2.37. The van der Waals surface area contributed by atoms with Gasteiger partial charge >= 0.3 is 0 Å². The maximum atomic E-state index is 6.18. The average molecular weight is 268 g/mol. The Hall–Kier alpha value is -2.56. The fourth-order valence-electron chi connectivity index (χ4n) is 2.35. The second-order valence-electron chi connectivity index (χ2n) is 4.59. The number of aryl methyl sites for hydroxylation is 2. The molecule has 0 atom stereocenters. The number of furan rings is 1. The molecular weight excluding hydrogens is 252 g/mol. The molecule has 2 N–H and O–H groups in total. The maximum Gasteiger partial charge on any atom is 0.129 e. The summed E-state index contributed by atoms with van der Waals surface area (Å²) in [7, 11) is 1.84. The van der Waals surface area contributed by atoms with E-state index in [4.69, 9.17) is 10.2 Å². The first-order chi connectivity index (χ1) is 9.72. The zero-order chi connectivity index (χ0) is 14.1. The van der Waals surface area contributed by atoms with E-state index in [0.717, 1.165) is 34.6 Å². The van der Waals surface area contributed by atoms with Crippen LogP contribution in [-0.2, 0) is 13.5 Å². The summed E-state index contributed by atoms with van der Waals surface area (Å²) >= 11 is 0. The van der Waals surface area contributed by atoms with Gasteiger partial charge < -0.3 is 10.2 Å². The topological polar surface area (TPSA) is 69.9 Å². The summed E-state index contributed by atoms with van der Waals surface area (Å²) < 4.78 is 7.19. The van der Waals surface area contributed by atoms with Crippen molar-refractivity contribution in [2.24, 2.45) is 7.05 Å². The van der Waals surface area contributed by atoms with Crippen molar-refractivity contribution in [3.63, 3.8) is 0 Å². The highest BCUT2D eigenvalue weighted by atomic mass is 16.3. The monoisotopic (exact) mass is 268 g/mol. The lowest BCUT2D eigenvalue weighted by Crippen LogP contribution is -1.98. The van der Waals surface area contributed by atoms with Gasteiger partial charge in [0.25, 0.3) is 0 Å². The van der Waals surface area contributed by atoms with Gasteiger partial charge in [-0.05, 0) is 12.1 Å². The molecule has 0 saturated carbocycles. The van der Waals surface area contributed by atoms with Crippen LogP contribution in [0.1, 0.15) is 12.7 Å². The smallest absolute Gasteiger partial charge is 0.129 e. The van der Waals surface area contributed by atoms with Gasteiger partial charge in [-0.15, -0.1) is 0 Å². The van der Waals surface area contributed by atoms with E-state index in [1.807, 2.05) is 25.2 Å². The molecule has 3 aromatic rings. The minimum absolute atomic E-state index is 0.622. The molecule has 0 radical (unpaired) electrons. The highest BCUT2D eigenvalue weighted by Gasteiger charge is 2.20. The number of nitrogens with zero attached hydrogens (tertiary/aromatic N) is 3. The molecule has 3 aromatic heterocycles. The third kappa shape index (κ3) is 1.87. The number of hydrogen-bond donors (Lipinski definition) is 1. The van der Waals surface area contributed by atoms with Crippen molar-refractivity contribution >= 4 is 5.82 Å². The second kappa shape index (κ2) is 4.85. The van der Waals surface area contributed by atoms with Crippen LogP contribution in [0.25, 0.3) is 22.4 Å². The van der Waals surface area contributed by atoms with E-state index in [1.165, 1.54) is 0 Å². The number of aromatic nitrogens is 3. The van der Waals surface area contributed by atoms with Gasteiger partial charge in [0.15, 0.2) is 0 Å². The Morgan fingerprint density at radius 3 is 2.90 bits per heavy atom. The van der Waals surface area contributed by atoms with Crippen LogP contribution >= 0.6 is 0 Å². The Kier molecular flexibility index (Phi) is 3.02. The average Bonchev–Trinajstić information content (AvgIpc) is 3.05. The van der Waals surface area contributed by atoms with Crippen molar-refractivity contribution < 1.29 is 4.42 Å². The van der Waals surface area contributed by atoms with Crippen LogP contribution in [0.15, 0.2) is 41.3 Å². The summed E-state index contributed by atoms with van der Waals surface area (Å²) in [4.78, 5) is 4.16. The van der Waals surface area contributed by atoms with Crippen molar-refractivity contribution in [2.75, 3.05) is 5.73 Å². The van der Waals surface area contributed by atoms with E-state index in [-0.39, 0.29) is 0 Å². The Labute approximate surface area is 117 Å². The van der Waals surface area contributed by atoms with Gasteiger partial charge in [0.2, 0.25) is 0 Å². The first-order valence-corrected chi connectivity index (χ1v) is 6.52. The van der Waals surface area contributed by atoms with E-state index in [0.29, 0.717) is 5.82 Å². The van der Waals surface area contributed by atoms with E-state index in [9.17, 15) is 0 Å². The summed E-state index contributed by atoms with van der Waals surface area (Å²) in [5, 5.41) is 4.54. The number of anilines is 1. The zero-order valence-electron chi connectivity index (χ0n) is 11.5. The van der Waals surface area contributed by atoms with E-state index < -0.39 is 0 Å².